The normalized spacial score (nSPS) is 10.2. The number of rotatable bonds is 1. The number of aromatic nitrogens is 1. The van der Waals surface area contributed by atoms with E-state index in [4.69, 9.17) is 0 Å². The Morgan fingerprint density at radius 3 is 2.36 bits per heavy atom. The van der Waals surface area contributed by atoms with Crippen LogP contribution in [0.1, 0.15) is 29.3 Å². The van der Waals surface area contributed by atoms with Crippen LogP contribution in [-0.2, 0) is 6.42 Å². The molecule has 0 spiro atoms. The van der Waals surface area contributed by atoms with Gasteiger partial charge in [0.2, 0.25) is 0 Å². The first-order valence-corrected chi connectivity index (χ1v) is 4.08. The Hall–Kier alpha value is -0.850. The van der Waals surface area contributed by atoms with Crippen LogP contribution in [0.3, 0.4) is 0 Å². The Bertz CT molecular complexity index is 264. The van der Waals surface area contributed by atoms with Crippen LogP contribution in [0.25, 0.3) is 0 Å². The Labute approximate surface area is 68.5 Å². The highest BCUT2D eigenvalue weighted by molar-refractivity contribution is 5.33. The van der Waals surface area contributed by atoms with Crippen molar-refractivity contribution in [2.24, 2.45) is 0 Å². The molecule has 1 nitrogen and oxygen atoms in total. The van der Waals surface area contributed by atoms with E-state index in [9.17, 15) is 0 Å². The molecular formula is C10H15N. The molecule has 0 atom stereocenters. The summed E-state index contributed by atoms with van der Waals surface area (Å²) in [6, 6.07) is 0. The van der Waals surface area contributed by atoms with Gasteiger partial charge in [-0.15, -0.1) is 0 Å². The summed E-state index contributed by atoms with van der Waals surface area (Å²) < 4.78 is 0. The molecular weight excluding hydrogens is 134 g/mol. The van der Waals surface area contributed by atoms with E-state index < -0.39 is 0 Å². The van der Waals surface area contributed by atoms with Crippen LogP contribution >= 0.6 is 0 Å². The molecule has 0 saturated carbocycles. The van der Waals surface area contributed by atoms with E-state index in [2.05, 4.69) is 32.7 Å². The third kappa shape index (κ3) is 1.42. The Balaban J connectivity index is 3.25. The molecule has 0 bridgehead atoms. The van der Waals surface area contributed by atoms with Gasteiger partial charge < -0.3 is 0 Å². The molecule has 1 heteroatoms. The van der Waals surface area contributed by atoms with Gasteiger partial charge in [0, 0.05) is 11.9 Å². The highest BCUT2D eigenvalue weighted by Crippen LogP contribution is 2.14. The van der Waals surface area contributed by atoms with E-state index in [0.29, 0.717) is 0 Å². The molecule has 1 rings (SSSR count). The van der Waals surface area contributed by atoms with Crippen LogP contribution in [0, 0.1) is 20.8 Å². The fourth-order valence-corrected chi connectivity index (χ4v) is 1.24. The zero-order valence-electron chi connectivity index (χ0n) is 7.73. The lowest BCUT2D eigenvalue weighted by molar-refractivity contribution is 1.02. The quantitative estimate of drug-likeness (QED) is 0.598. The van der Waals surface area contributed by atoms with Crippen molar-refractivity contribution in [3.63, 3.8) is 0 Å². The van der Waals surface area contributed by atoms with Crippen molar-refractivity contribution in [1.29, 1.82) is 0 Å². The zero-order valence-corrected chi connectivity index (χ0v) is 7.73. The van der Waals surface area contributed by atoms with E-state index in [-0.39, 0.29) is 0 Å². The van der Waals surface area contributed by atoms with Crippen molar-refractivity contribution in [2.45, 2.75) is 34.1 Å². The topological polar surface area (TPSA) is 12.9 Å². The second kappa shape index (κ2) is 3.04. The van der Waals surface area contributed by atoms with Crippen LogP contribution in [0.5, 0.6) is 0 Å². The summed E-state index contributed by atoms with van der Waals surface area (Å²) in [5, 5.41) is 0. The first-order valence-electron chi connectivity index (χ1n) is 4.08. The average Bonchev–Trinajstić information content (AvgIpc) is 2.01. The molecule has 0 aliphatic rings. The lowest BCUT2D eigenvalue weighted by Gasteiger charge is -2.07. The Kier molecular flexibility index (Phi) is 2.28. The highest BCUT2D eigenvalue weighted by Gasteiger charge is 2.01. The zero-order chi connectivity index (χ0) is 8.43. The van der Waals surface area contributed by atoms with Gasteiger partial charge in [-0.25, -0.2) is 0 Å². The molecule has 0 aromatic carbocycles. The number of hydrogen-bond donors (Lipinski definition) is 0. The molecule has 0 amide bonds. The van der Waals surface area contributed by atoms with Gasteiger partial charge in [0.05, 0.1) is 0 Å². The van der Waals surface area contributed by atoms with Gasteiger partial charge in [0.1, 0.15) is 0 Å². The van der Waals surface area contributed by atoms with Gasteiger partial charge in [-0.05, 0) is 43.9 Å². The average molecular weight is 149 g/mol. The molecule has 0 unspecified atom stereocenters. The maximum absolute atomic E-state index is 4.31. The molecule has 1 aromatic rings. The first-order chi connectivity index (χ1) is 5.16. The van der Waals surface area contributed by atoms with Gasteiger partial charge in [0.25, 0.3) is 0 Å². The first kappa shape index (κ1) is 8.25. The predicted molar refractivity (Wildman–Crippen MR) is 47.8 cm³/mol. The van der Waals surface area contributed by atoms with Crippen LogP contribution < -0.4 is 0 Å². The van der Waals surface area contributed by atoms with Crippen LogP contribution in [0.4, 0.5) is 0 Å². The summed E-state index contributed by atoms with van der Waals surface area (Å²) >= 11 is 0. The van der Waals surface area contributed by atoms with Crippen molar-refractivity contribution < 1.29 is 0 Å². The number of hydrogen-bond acceptors (Lipinski definition) is 1. The second-order valence-electron chi connectivity index (χ2n) is 2.97. The monoisotopic (exact) mass is 149 g/mol. The standard InChI is InChI=1S/C10H15N/c1-5-10-6-11-9(4)7(2)8(10)3/h6H,5H2,1-4H3. The van der Waals surface area contributed by atoms with Gasteiger partial charge in [0.15, 0.2) is 0 Å². The Morgan fingerprint density at radius 2 is 1.82 bits per heavy atom. The minimum atomic E-state index is 1.08. The molecule has 0 saturated heterocycles. The molecule has 0 radical (unpaired) electrons. The maximum atomic E-state index is 4.31. The largest absolute Gasteiger partial charge is 0.261 e. The van der Waals surface area contributed by atoms with Crippen molar-refractivity contribution in [3.8, 4) is 0 Å². The summed E-state index contributed by atoms with van der Waals surface area (Å²) in [5.41, 5.74) is 5.26. The van der Waals surface area contributed by atoms with E-state index in [1.165, 1.54) is 16.7 Å². The predicted octanol–water partition coefficient (Wildman–Crippen LogP) is 2.57. The van der Waals surface area contributed by atoms with Crippen molar-refractivity contribution in [2.75, 3.05) is 0 Å². The van der Waals surface area contributed by atoms with Gasteiger partial charge in [-0.3, -0.25) is 4.98 Å². The van der Waals surface area contributed by atoms with Crippen LogP contribution in [0.2, 0.25) is 0 Å². The Morgan fingerprint density at radius 1 is 1.18 bits per heavy atom. The highest BCUT2D eigenvalue weighted by atomic mass is 14.7. The summed E-state index contributed by atoms with van der Waals surface area (Å²) in [6.45, 7) is 8.53. The number of pyridine rings is 1. The summed E-state index contributed by atoms with van der Waals surface area (Å²) in [4.78, 5) is 4.31. The lowest BCUT2D eigenvalue weighted by atomic mass is 10.0. The summed E-state index contributed by atoms with van der Waals surface area (Å²) in [6.07, 6.45) is 3.07. The van der Waals surface area contributed by atoms with Crippen molar-refractivity contribution in [1.82, 2.24) is 4.98 Å². The molecule has 0 fully saturated rings. The van der Waals surface area contributed by atoms with Crippen molar-refractivity contribution >= 4 is 0 Å². The number of aryl methyl sites for hydroxylation is 2. The maximum Gasteiger partial charge on any atom is 0.0404 e. The molecule has 60 valence electrons. The lowest BCUT2D eigenvalue weighted by Crippen LogP contribution is -1.95. The molecule has 11 heavy (non-hydrogen) atoms. The van der Waals surface area contributed by atoms with Crippen LogP contribution in [-0.4, -0.2) is 4.98 Å². The minimum absolute atomic E-state index is 1.08. The third-order valence-corrected chi connectivity index (χ3v) is 2.38. The third-order valence-electron chi connectivity index (χ3n) is 2.38. The minimum Gasteiger partial charge on any atom is -0.261 e. The fourth-order valence-electron chi connectivity index (χ4n) is 1.24. The van der Waals surface area contributed by atoms with Gasteiger partial charge >= 0.3 is 0 Å². The number of nitrogens with zero attached hydrogens (tertiary/aromatic N) is 1. The molecule has 1 heterocycles. The summed E-state index contributed by atoms with van der Waals surface area (Å²) in [5.74, 6) is 0. The van der Waals surface area contributed by atoms with Crippen molar-refractivity contribution in [3.05, 3.63) is 28.6 Å². The molecule has 0 N–H and O–H groups in total. The van der Waals surface area contributed by atoms with E-state index >= 15 is 0 Å². The molecule has 0 aliphatic carbocycles. The van der Waals surface area contributed by atoms with Crippen LogP contribution in [0.15, 0.2) is 6.20 Å². The SMILES string of the molecule is CCc1cnc(C)c(C)c1C. The van der Waals surface area contributed by atoms with E-state index in [1.54, 1.807) is 0 Å². The summed E-state index contributed by atoms with van der Waals surface area (Å²) in [7, 11) is 0. The molecule has 0 aliphatic heterocycles. The van der Waals surface area contributed by atoms with Gasteiger partial charge in [-0.1, -0.05) is 6.92 Å². The fraction of sp³-hybridized carbons (Fsp3) is 0.500. The smallest absolute Gasteiger partial charge is 0.0404 e. The second-order valence-corrected chi connectivity index (χ2v) is 2.97. The van der Waals surface area contributed by atoms with E-state index in [0.717, 1.165) is 12.1 Å². The van der Waals surface area contributed by atoms with E-state index in [1.807, 2.05) is 6.20 Å². The molecule has 1 aromatic heterocycles. The van der Waals surface area contributed by atoms with Gasteiger partial charge in [-0.2, -0.15) is 0 Å².